The summed E-state index contributed by atoms with van der Waals surface area (Å²) in [6.07, 6.45) is 6.96. The number of carbonyl (C=O) groups is 2. The van der Waals surface area contributed by atoms with Gasteiger partial charge >= 0.3 is 0 Å². The van der Waals surface area contributed by atoms with Crippen LogP contribution < -0.4 is 9.47 Å². The lowest BCUT2D eigenvalue weighted by Crippen LogP contribution is -2.27. The highest BCUT2D eigenvalue weighted by molar-refractivity contribution is 9.10. The van der Waals surface area contributed by atoms with Crippen LogP contribution in [0.4, 0.5) is 4.79 Å². The SMILES string of the molecule is C#CCOc1c(/C=C2\SC(=O)N(Cc3ccc4ccccc4c3)C2=O)cc(Br)cc1OC. The third kappa shape index (κ3) is 4.52. The maximum Gasteiger partial charge on any atom is 0.293 e. The van der Waals surface area contributed by atoms with Crippen LogP contribution in [0.5, 0.6) is 11.5 Å². The van der Waals surface area contributed by atoms with Gasteiger partial charge < -0.3 is 9.47 Å². The molecule has 0 unspecified atom stereocenters. The maximum absolute atomic E-state index is 13.1. The molecule has 4 rings (SSSR count). The summed E-state index contributed by atoms with van der Waals surface area (Å²) >= 11 is 4.33. The fraction of sp³-hybridized carbons (Fsp3) is 0.120. The van der Waals surface area contributed by atoms with Gasteiger partial charge in [-0.15, -0.1) is 6.42 Å². The number of nitrogens with zero attached hydrogens (tertiary/aromatic N) is 1. The number of benzene rings is 3. The number of methoxy groups -OCH3 is 1. The van der Waals surface area contributed by atoms with Crippen LogP contribution in [0.25, 0.3) is 16.8 Å². The van der Waals surface area contributed by atoms with Gasteiger partial charge in [0.25, 0.3) is 11.1 Å². The minimum Gasteiger partial charge on any atom is -0.493 e. The molecule has 1 fully saturated rings. The lowest BCUT2D eigenvalue weighted by atomic mass is 10.1. The van der Waals surface area contributed by atoms with Crippen molar-refractivity contribution in [2.75, 3.05) is 13.7 Å². The van der Waals surface area contributed by atoms with Crippen molar-refractivity contribution in [2.24, 2.45) is 0 Å². The summed E-state index contributed by atoms with van der Waals surface area (Å²) in [4.78, 5) is 27.2. The number of ether oxygens (including phenoxy) is 2. The van der Waals surface area contributed by atoms with Gasteiger partial charge in [-0.1, -0.05) is 58.2 Å². The Kier molecular flexibility index (Phi) is 6.54. The van der Waals surface area contributed by atoms with Gasteiger partial charge in [-0.05, 0) is 52.4 Å². The van der Waals surface area contributed by atoms with Crippen molar-refractivity contribution in [2.45, 2.75) is 6.54 Å². The molecule has 1 saturated heterocycles. The third-order valence-corrected chi connectivity index (χ3v) is 6.25. The van der Waals surface area contributed by atoms with E-state index in [1.54, 1.807) is 18.2 Å². The van der Waals surface area contributed by atoms with E-state index in [0.717, 1.165) is 32.6 Å². The maximum atomic E-state index is 13.1. The van der Waals surface area contributed by atoms with E-state index in [4.69, 9.17) is 15.9 Å². The number of carbonyl (C=O) groups excluding carboxylic acids is 2. The first-order chi connectivity index (χ1) is 15.5. The molecule has 7 heteroatoms. The Morgan fingerprint density at radius 3 is 2.66 bits per heavy atom. The second kappa shape index (κ2) is 9.51. The zero-order valence-corrected chi connectivity index (χ0v) is 19.5. The van der Waals surface area contributed by atoms with Crippen LogP contribution in [0, 0.1) is 12.3 Å². The number of hydrogen-bond acceptors (Lipinski definition) is 5. The van der Waals surface area contributed by atoms with Crippen LogP contribution >= 0.6 is 27.7 Å². The lowest BCUT2D eigenvalue weighted by molar-refractivity contribution is -0.123. The zero-order chi connectivity index (χ0) is 22.7. The monoisotopic (exact) mass is 507 g/mol. The molecule has 32 heavy (non-hydrogen) atoms. The van der Waals surface area contributed by atoms with Gasteiger partial charge in [0.05, 0.1) is 18.6 Å². The van der Waals surface area contributed by atoms with E-state index in [0.29, 0.717) is 22.0 Å². The average molecular weight is 508 g/mol. The smallest absolute Gasteiger partial charge is 0.293 e. The molecule has 1 heterocycles. The first kappa shape index (κ1) is 22.0. The first-order valence-corrected chi connectivity index (χ1v) is 11.3. The molecule has 0 atom stereocenters. The van der Waals surface area contributed by atoms with E-state index >= 15 is 0 Å². The van der Waals surface area contributed by atoms with Crippen molar-refractivity contribution in [3.8, 4) is 23.8 Å². The number of imide groups is 1. The Bertz CT molecular complexity index is 1290. The molecule has 0 radical (unpaired) electrons. The number of fused-ring (bicyclic) bond motifs is 1. The predicted molar refractivity (Wildman–Crippen MR) is 130 cm³/mol. The highest BCUT2D eigenvalue weighted by Crippen LogP contribution is 2.39. The molecule has 3 aromatic rings. The number of hydrogen-bond donors (Lipinski definition) is 0. The molecule has 3 aromatic carbocycles. The lowest BCUT2D eigenvalue weighted by Gasteiger charge is -2.14. The van der Waals surface area contributed by atoms with E-state index in [1.165, 1.54) is 12.0 Å². The topological polar surface area (TPSA) is 55.8 Å². The van der Waals surface area contributed by atoms with Gasteiger partial charge in [-0.2, -0.15) is 0 Å². The molecule has 0 N–H and O–H groups in total. The van der Waals surface area contributed by atoms with Crippen molar-refractivity contribution in [1.82, 2.24) is 4.90 Å². The molecular formula is C25H18BrNO4S. The van der Waals surface area contributed by atoms with Gasteiger partial charge in [0.1, 0.15) is 6.61 Å². The van der Waals surface area contributed by atoms with E-state index < -0.39 is 0 Å². The molecule has 2 amide bonds. The first-order valence-electron chi connectivity index (χ1n) is 9.67. The van der Waals surface area contributed by atoms with Crippen molar-refractivity contribution in [3.05, 3.63) is 75.1 Å². The quantitative estimate of drug-likeness (QED) is 0.309. The van der Waals surface area contributed by atoms with Gasteiger partial charge in [-0.25, -0.2) is 0 Å². The fourth-order valence-corrected chi connectivity index (χ4v) is 4.70. The fourth-order valence-electron chi connectivity index (χ4n) is 3.41. The molecule has 0 spiro atoms. The Balaban J connectivity index is 1.63. The summed E-state index contributed by atoms with van der Waals surface area (Å²) in [5.41, 5.74) is 1.47. The van der Waals surface area contributed by atoms with Crippen LogP contribution in [-0.4, -0.2) is 29.8 Å². The van der Waals surface area contributed by atoms with E-state index in [-0.39, 0.29) is 24.3 Å². The van der Waals surface area contributed by atoms with Gasteiger partial charge in [0.15, 0.2) is 11.5 Å². The van der Waals surface area contributed by atoms with E-state index in [2.05, 4.69) is 21.9 Å². The number of terminal acetylenes is 1. The summed E-state index contributed by atoms with van der Waals surface area (Å²) in [5, 5.41) is 1.85. The van der Waals surface area contributed by atoms with E-state index in [1.807, 2.05) is 42.5 Å². The van der Waals surface area contributed by atoms with Crippen LogP contribution in [-0.2, 0) is 11.3 Å². The van der Waals surface area contributed by atoms with Gasteiger partial charge in [0, 0.05) is 10.0 Å². The van der Waals surface area contributed by atoms with Crippen LogP contribution in [0.1, 0.15) is 11.1 Å². The second-order valence-electron chi connectivity index (χ2n) is 6.97. The second-order valence-corrected chi connectivity index (χ2v) is 8.88. The zero-order valence-electron chi connectivity index (χ0n) is 17.1. The molecule has 0 aliphatic carbocycles. The van der Waals surface area contributed by atoms with E-state index in [9.17, 15) is 9.59 Å². The summed E-state index contributed by atoms with van der Waals surface area (Å²) in [5.74, 6) is 2.95. The van der Waals surface area contributed by atoms with Crippen LogP contribution in [0.3, 0.4) is 0 Å². The van der Waals surface area contributed by atoms with Gasteiger partial charge in [0.2, 0.25) is 0 Å². The molecule has 0 saturated carbocycles. The Morgan fingerprint density at radius 2 is 1.91 bits per heavy atom. The summed E-state index contributed by atoms with van der Waals surface area (Å²) < 4.78 is 11.8. The highest BCUT2D eigenvalue weighted by Gasteiger charge is 2.35. The minimum absolute atomic E-state index is 0.0439. The average Bonchev–Trinajstić information content (AvgIpc) is 3.05. The molecule has 5 nitrogen and oxygen atoms in total. The molecule has 1 aliphatic rings. The highest BCUT2D eigenvalue weighted by atomic mass is 79.9. The number of rotatable bonds is 6. The molecule has 0 bridgehead atoms. The van der Waals surface area contributed by atoms with Crippen molar-refractivity contribution in [3.63, 3.8) is 0 Å². The Hall–Kier alpha value is -3.21. The van der Waals surface area contributed by atoms with Crippen LogP contribution in [0.15, 0.2) is 64.0 Å². The van der Waals surface area contributed by atoms with Crippen LogP contribution in [0.2, 0.25) is 0 Å². The predicted octanol–water partition coefficient (Wildman–Crippen LogP) is 5.86. The number of thioether (sulfide) groups is 1. The normalized spacial score (nSPS) is 14.8. The molecule has 0 aromatic heterocycles. The minimum atomic E-state index is -0.352. The number of halogens is 1. The summed E-state index contributed by atoms with van der Waals surface area (Å²) in [7, 11) is 1.52. The third-order valence-electron chi connectivity index (χ3n) is 4.88. The molecular weight excluding hydrogens is 490 g/mol. The van der Waals surface area contributed by atoms with Crippen molar-refractivity contribution in [1.29, 1.82) is 0 Å². The number of amides is 2. The standard InChI is InChI=1S/C25H18BrNO4S/c1-3-10-31-23-19(12-20(26)14-21(23)30-2)13-22-24(28)27(25(29)32-22)15-16-8-9-17-6-4-5-7-18(17)11-16/h1,4-9,11-14H,10,15H2,2H3/b22-13-. The Morgan fingerprint density at radius 1 is 1.12 bits per heavy atom. The molecule has 1 aliphatic heterocycles. The van der Waals surface area contributed by atoms with Crippen molar-refractivity contribution >= 4 is 55.7 Å². The van der Waals surface area contributed by atoms with Crippen molar-refractivity contribution < 1.29 is 19.1 Å². The van der Waals surface area contributed by atoms with Gasteiger partial charge in [-0.3, -0.25) is 14.5 Å². The summed E-state index contributed by atoms with van der Waals surface area (Å²) in [6.45, 7) is 0.247. The largest absolute Gasteiger partial charge is 0.493 e. The Labute approximate surface area is 198 Å². The summed E-state index contributed by atoms with van der Waals surface area (Å²) in [6, 6.07) is 17.4. The molecule has 160 valence electrons.